The SMILES string of the molecule is COc1ccc(C[NH2+]Cc2cccc(F)c2)cc1. The van der Waals surface area contributed by atoms with Gasteiger partial charge in [-0.05, 0) is 36.4 Å². The summed E-state index contributed by atoms with van der Waals surface area (Å²) in [6, 6.07) is 14.7. The minimum atomic E-state index is -0.176. The van der Waals surface area contributed by atoms with E-state index in [1.165, 1.54) is 11.6 Å². The van der Waals surface area contributed by atoms with E-state index in [0.717, 1.165) is 24.4 Å². The lowest BCUT2D eigenvalue weighted by atomic mass is 10.2. The van der Waals surface area contributed by atoms with Crippen molar-refractivity contribution in [3.05, 3.63) is 65.5 Å². The largest absolute Gasteiger partial charge is 0.497 e. The Hall–Kier alpha value is -1.87. The molecule has 0 amide bonds. The fraction of sp³-hybridized carbons (Fsp3) is 0.200. The third-order valence-corrected chi connectivity index (χ3v) is 2.81. The van der Waals surface area contributed by atoms with Gasteiger partial charge >= 0.3 is 0 Å². The second kappa shape index (κ2) is 6.17. The molecule has 3 heteroatoms. The van der Waals surface area contributed by atoms with Crippen LogP contribution in [0.1, 0.15) is 11.1 Å². The molecule has 0 spiro atoms. The molecule has 0 atom stereocenters. The molecule has 2 aromatic rings. The summed E-state index contributed by atoms with van der Waals surface area (Å²) in [5.41, 5.74) is 2.23. The summed E-state index contributed by atoms with van der Waals surface area (Å²) in [6.07, 6.45) is 0. The van der Waals surface area contributed by atoms with Gasteiger partial charge in [-0.15, -0.1) is 0 Å². The van der Waals surface area contributed by atoms with Crippen LogP contribution in [-0.4, -0.2) is 7.11 Å². The third-order valence-electron chi connectivity index (χ3n) is 2.81. The Morgan fingerprint density at radius 1 is 1.00 bits per heavy atom. The van der Waals surface area contributed by atoms with Gasteiger partial charge in [0.1, 0.15) is 24.7 Å². The van der Waals surface area contributed by atoms with Crippen LogP contribution in [0.5, 0.6) is 5.75 Å². The van der Waals surface area contributed by atoms with Crippen molar-refractivity contribution in [1.82, 2.24) is 0 Å². The molecule has 2 rings (SSSR count). The highest BCUT2D eigenvalue weighted by molar-refractivity contribution is 5.26. The Bertz CT molecular complexity index is 496. The van der Waals surface area contributed by atoms with Crippen LogP contribution in [0.15, 0.2) is 48.5 Å². The summed E-state index contributed by atoms with van der Waals surface area (Å²) in [7, 11) is 1.66. The lowest BCUT2D eigenvalue weighted by Gasteiger charge is -2.04. The molecule has 2 nitrogen and oxygen atoms in total. The van der Waals surface area contributed by atoms with E-state index in [1.54, 1.807) is 19.2 Å². The molecular formula is C15H17FNO+. The molecule has 0 saturated heterocycles. The molecule has 0 saturated carbocycles. The van der Waals surface area contributed by atoms with Crippen molar-refractivity contribution in [1.29, 1.82) is 0 Å². The maximum absolute atomic E-state index is 13.0. The number of hydrogen-bond donors (Lipinski definition) is 1. The summed E-state index contributed by atoms with van der Waals surface area (Å²) in [5, 5.41) is 2.15. The van der Waals surface area contributed by atoms with Crippen LogP contribution in [0.2, 0.25) is 0 Å². The van der Waals surface area contributed by atoms with Crippen molar-refractivity contribution in [3.8, 4) is 5.75 Å². The van der Waals surface area contributed by atoms with E-state index < -0.39 is 0 Å². The number of ether oxygens (including phenoxy) is 1. The number of methoxy groups -OCH3 is 1. The Balaban J connectivity index is 1.84. The second-order valence-corrected chi connectivity index (χ2v) is 4.17. The zero-order chi connectivity index (χ0) is 12.8. The molecule has 0 heterocycles. The summed E-state index contributed by atoms with van der Waals surface area (Å²) in [5.74, 6) is 0.689. The standard InChI is InChI=1S/C15H16FNO/c1-18-15-7-5-12(6-8-15)10-17-11-13-3-2-4-14(16)9-13/h2-9,17H,10-11H2,1H3/p+1. The summed E-state index contributed by atoms with van der Waals surface area (Å²) < 4.78 is 18.1. The fourth-order valence-electron chi connectivity index (χ4n) is 1.83. The lowest BCUT2D eigenvalue weighted by molar-refractivity contribution is -0.686. The zero-order valence-corrected chi connectivity index (χ0v) is 10.4. The molecule has 0 aromatic heterocycles. The van der Waals surface area contributed by atoms with E-state index in [-0.39, 0.29) is 5.82 Å². The first kappa shape index (κ1) is 12.6. The van der Waals surface area contributed by atoms with Gasteiger partial charge in [-0.25, -0.2) is 4.39 Å². The minimum absolute atomic E-state index is 0.176. The number of rotatable bonds is 5. The quantitative estimate of drug-likeness (QED) is 0.859. The van der Waals surface area contributed by atoms with E-state index in [0.29, 0.717) is 0 Å². The van der Waals surface area contributed by atoms with Gasteiger partial charge in [0.05, 0.1) is 7.11 Å². The Morgan fingerprint density at radius 3 is 2.39 bits per heavy atom. The molecule has 0 aliphatic carbocycles. The van der Waals surface area contributed by atoms with E-state index in [2.05, 4.69) is 5.32 Å². The molecule has 2 N–H and O–H groups in total. The van der Waals surface area contributed by atoms with Gasteiger partial charge in [0.2, 0.25) is 0 Å². The van der Waals surface area contributed by atoms with Gasteiger partial charge in [0.15, 0.2) is 0 Å². The van der Waals surface area contributed by atoms with Gasteiger partial charge in [0, 0.05) is 11.1 Å². The Kier molecular flexibility index (Phi) is 4.31. The molecule has 0 aliphatic rings. The highest BCUT2D eigenvalue weighted by Gasteiger charge is 1.99. The van der Waals surface area contributed by atoms with Crippen LogP contribution >= 0.6 is 0 Å². The number of benzene rings is 2. The van der Waals surface area contributed by atoms with Gasteiger partial charge in [0.25, 0.3) is 0 Å². The van der Waals surface area contributed by atoms with Crippen LogP contribution in [0, 0.1) is 5.82 Å². The first-order valence-electron chi connectivity index (χ1n) is 5.97. The normalized spacial score (nSPS) is 10.3. The number of quaternary nitrogens is 1. The highest BCUT2D eigenvalue weighted by atomic mass is 19.1. The topological polar surface area (TPSA) is 25.8 Å². The van der Waals surface area contributed by atoms with E-state index in [4.69, 9.17) is 4.74 Å². The smallest absolute Gasteiger partial charge is 0.123 e. The average Bonchev–Trinajstić information content (AvgIpc) is 2.40. The van der Waals surface area contributed by atoms with Crippen LogP contribution < -0.4 is 10.1 Å². The highest BCUT2D eigenvalue weighted by Crippen LogP contribution is 2.10. The van der Waals surface area contributed by atoms with Gasteiger partial charge < -0.3 is 10.1 Å². The number of nitrogens with two attached hydrogens (primary N) is 1. The van der Waals surface area contributed by atoms with Crippen molar-refractivity contribution < 1.29 is 14.4 Å². The molecule has 2 aromatic carbocycles. The maximum Gasteiger partial charge on any atom is 0.123 e. The molecule has 94 valence electrons. The van der Waals surface area contributed by atoms with Gasteiger partial charge in [-0.3, -0.25) is 0 Å². The van der Waals surface area contributed by atoms with Crippen molar-refractivity contribution in [3.63, 3.8) is 0 Å². The number of halogens is 1. The first-order valence-corrected chi connectivity index (χ1v) is 5.97. The Morgan fingerprint density at radius 2 is 1.72 bits per heavy atom. The summed E-state index contributed by atoms with van der Waals surface area (Å²) >= 11 is 0. The monoisotopic (exact) mass is 246 g/mol. The molecule has 0 bridgehead atoms. The predicted octanol–water partition coefficient (Wildman–Crippen LogP) is 2.10. The van der Waals surface area contributed by atoms with Gasteiger partial charge in [-0.2, -0.15) is 0 Å². The van der Waals surface area contributed by atoms with Crippen molar-refractivity contribution in [2.24, 2.45) is 0 Å². The predicted molar refractivity (Wildman–Crippen MR) is 68.7 cm³/mol. The van der Waals surface area contributed by atoms with Crippen LogP contribution in [0.3, 0.4) is 0 Å². The van der Waals surface area contributed by atoms with E-state index in [9.17, 15) is 4.39 Å². The van der Waals surface area contributed by atoms with Gasteiger partial charge in [-0.1, -0.05) is 12.1 Å². The van der Waals surface area contributed by atoms with Crippen LogP contribution in [0.4, 0.5) is 4.39 Å². The van der Waals surface area contributed by atoms with Crippen LogP contribution in [-0.2, 0) is 13.1 Å². The van der Waals surface area contributed by atoms with Crippen molar-refractivity contribution >= 4 is 0 Å². The molecule has 0 radical (unpaired) electrons. The van der Waals surface area contributed by atoms with E-state index >= 15 is 0 Å². The molecule has 0 aliphatic heterocycles. The molecule has 0 unspecified atom stereocenters. The lowest BCUT2D eigenvalue weighted by Crippen LogP contribution is -2.80. The molecule has 18 heavy (non-hydrogen) atoms. The first-order chi connectivity index (χ1) is 8.78. The summed E-state index contributed by atoms with van der Waals surface area (Å²) in [4.78, 5) is 0. The van der Waals surface area contributed by atoms with Crippen LogP contribution in [0.25, 0.3) is 0 Å². The number of hydrogen-bond acceptors (Lipinski definition) is 1. The Labute approximate surface area is 106 Å². The average molecular weight is 246 g/mol. The maximum atomic E-state index is 13.0. The molecular weight excluding hydrogens is 229 g/mol. The minimum Gasteiger partial charge on any atom is -0.497 e. The molecule has 0 fully saturated rings. The fourth-order valence-corrected chi connectivity index (χ4v) is 1.83. The summed E-state index contributed by atoms with van der Waals surface area (Å²) in [6.45, 7) is 1.66. The zero-order valence-electron chi connectivity index (χ0n) is 10.4. The second-order valence-electron chi connectivity index (χ2n) is 4.17. The third kappa shape index (κ3) is 3.57. The van der Waals surface area contributed by atoms with Crippen molar-refractivity contribution in [2.45, 2.75) is 13.1 Å². The van der Waals surface area contributed by atoms with E-state index in [1.807, 2.05) is 30.3 Å². The van der Waals surface area contributed by atoms with Crippen molar-refractivity contribution in [2.75, 3.05) is 7.11 Å².